The van der Waals surface area contributed by atoms with Crippen LogP contribution in [0.2, 0.25) is 0 Å². The molecule has 0 spiro atoms. The zero-order valence-corrected chi connectivity index (χ0v) is 22.3. The Bertz CT molecular complexity index is 1340. The van der Waals surface area contributed by atoms with Gasteiger partial charge < -0.3 is 4.74 Å². The third-order valence-corrected chi connectivity index (χ3v) is 6.69. The van der Waals surface area contributed by atoms with Crippen LogP contribution in [0.4, 0.5) is 14.5 Å². The van der Waals surface area contributed by atoms with Gasteiger partial charge in [-0.3, -0.25) is 14.9 Å². The molecule has 0 aromatic heterocycles. The normalized spacial score (nSPS) is 15.0. The van der Waals surface area contributed by atoms with Gasteiger partial charge in [0.2, 0.25) is 0 Å². The Balaban J connectivity index is 1.62. The smallest absolute Gasteiger partial charge is 0.270 e. The predicted octanol–water partition coefficient (Wildman–Crippen LogP) is 5.58. The van der Waals surface area contributed by atoms with E-state index >= 15 is 0 Å². The Hall–Kier alpha value is -2.45. The van der Waals surface area contributed by atoms with Gasteiger partial charge in [-0.15, -0.1) is 0 Å². The quantitative estimate of drug-likeness (QED) is 0.163. The van der Waals surface area contributed by atoms with E-state index in [4.69, 9.17) is 17.0 Å². The van der Waals surface area contributed by atoms with Gasteiger partial charge >= 0.3 is 0 Å². The van der Waals surface area contributed by atoms with Gasteiger partial charge in [-0.2, -0.15) is 0 Å². The molecule has 2 amide bonds. The summed E-state index contributed by atoms with van der Waals surface area (Å²) < 4.78 is 35.1. The van der Waals surface area contributed by atoms with Gasteiger partial charge in [0.1, 0.15) is 29.6 Å². The molecule has 172 valence electrons. The maximum atomic E-state index is 14.3. The first-order valence-corrected chi connectivity index (χ1v) is 12.3. The minimum atomic E-state index is -0.727. The standard InChI is InChI=1S/C24H14F2I2N2O3S/c25-15-5-3-4-13(8-15)12-33-21-18(27)10-14(11-19(21)28)9-16-22(31)29-24(34)30(23(16)32)20-7-2-1-6-17(20)26/h1-11H,12H2,(H,29,31,34)/b16-9+. The molecule has 10 heteroatoms. The summed E-state index contributed by atoms with van der Waals surface area (Å²) in [5.41, 5.74) is 1.03. The van der Waals surface area contributed by atoms with Gasteiger partial charge in [0.15, 0.2) is 5.11 Å². The van der Waals surface area contributed by atoms with Crippen LogP contribution in [0, 0.1) is 18.8 Å². The van der Waals surface area contributed by atoms with Crippen molar-refractivity contribution >= 4 is 86.1 Å². The number of hydrogen-bond acceptors (Lipinski definition) is 4. The summed E-state index contributed by atoms with van der Waals surface area (Å²) in [7, 11) is 0. The van der Waals surface area contributed by atoms with Crippen molar-refractivity contribution in [1.82, 2.24) is 5.32 Å². The molecule has 34 heavy (non-hydrogen) atoms. The fraction of sp³-hybridized carbons (Fsp3) is 0.0417. The van der Waals surface area contributed by atoms with Crippen molar-refractivity contribution in [3.8, 4) is 5.75 Å². The van der Waals surface area contributed by atoms with Crippen LogP contribution in [0.25, 0.3) is 6.08 Å². The number of rotatable bonds is 5. The second kappa shape index (κ2) is 10.4. The number of thiocarbonyl (C=S) groups is 1. The van der Waals surface area contributed by atoms with Crippen molar-refractivity contribution in [2.24, 2.45) is 0 Å². The summed E-state index contributed by atoms with van der Waals surface area (Å²) >= 11 is 9.29. The first-order valence-electron chi connectivity index (χ1n) is 9.77. The number of para-hydroxylation sites is 1. The second-order valence-corrected chi connectivity index (χ2v) is 9.85. The molecule has 0 bridgehead atoms. The molecule has 3 aromatic carbocycles. The highest BCUT2D eigenvalue weighted by Crippen LogP contribution is 2.31. The van der Waals surface area contributed by atoms with E-state index in [0.717, 1.165) is 12.0 Å². The number of nitrogens with one attached hydrogen (secondary N) is 1. The van der Waals surface area contributed by atoms with Crippen LogP contribution < -0.4 is 15.0 Å². The Kier molecular flexibility index (Phi) is 7.57. The van der Waals surface area contributed by atoms with Crippen molar-refractivity contribution in [2.75, 3.05) is 4.90 Å². The fourth-order valence-electron chi connectivity index (χ4n) is 3.26. The van der Waals surface area contributed by atoms with Crippen molar-refractivity contribution in [3.63, 3.8) is 0 Å². The lowest BCUT2D eigenvalue weighted by atomic mass is 10.1. The highest BCUT2D eigenvalue weighted by atomic mass is 127. The number of benzene rings is 3. The van der Waals surface area contributed by atoms with E-state index in [9.17, 15) is 18.4 Å². The molecule has 0 radical (unpaired) electrons. The average molecular weight is 702 g/mol. The topological polar surface area (TPSA) is 58.6 Å². The van der Waals surface area contributed by atoms with Crippen LogP contribution in [-0.2, 0) is 16.2 Å². The van der Waals surface area contributed by atoms with Crippen molar-refractivity contribution in [2.45, 2.75) is 6.61 Å². The number of anilines is 1. The predicted molar refractivity (Wildman–Crippen MR) is 145 cm³/mol. The zero-order valence-electron chi connectivity index (χ0n) is 17.2. The molecule has 1 N–H and O–H groups in total. The lowest BCUT2D eigenvalue weighted by molar-refractivity contribution is -0.122. The molecule has 1 aliphatic rings. The molecule has 3 aromatic rings. The van der Waals surface area contributed by atoms with Crippen molar-refractivity contribution < 1.29 is 23.1 Å². The van der Waals surface area contributed by atoms with E-state index in [1.165, 1.54) is 36.4 Å². The van der Waals surface area contributed by atoms with Gasteiger partial charge in [-0.25, -0.2) is 13.7 Å². The summed E-state index contributed by atoms with van der Waals surface area (Å²) in [6, 6.07) is 15.3. The molecule has 0 atom stereocenters. The Morgan fingerprint density at radius 2 is 1.71 bits per heavy atom. The molecule has 0 saturated carbocycles. The van der Waals surface area contributed by atoms with Crippen LogP contribution in [0.5, 0.6) is 5.75 Å². The number of hydrogen-bond donors (Lipinski definition) is 1. The van der Waals surface area contributed by atoms with Crippen LogP contribution in [0.3, 0.4) is 0 Å². The highest BCUT2D eigenvalue weighted by molar-refractivity contribution is 14.1. The van der Waals surface area contributed by atoms with Gasteiger partial charge in [0, 0.05) is 0 Å². The van der Waals surface area contributed by atoms with E-state index in [2.05, 4.69) is 50.5 Å². The van der Waals surface area contributed by atoms with Gasteiger partial charge in [-0.05, 0) is 111 Å². The number of carbonyl (C=O) groups excluding carboxylic acids is 2. The van der Waals surface area contributed by atoms with Crippen LogP contribution in [0.1, 0.15) is 11.1 Å². The molecule has 5 nitrogen and oxygen atoms in total. The van der Waals surface area contributed by atoms with Gasteiger partial charge in [-0.1, -0.05) is 24.3 Å². The SMILES string of the molecule is O=C1NC(=S)N(c2ccccc2F)C(=O)/C1=C/c1cc(I)c(OCc2cccc(F)c2)c(I)c1. The molecule has 4 rings (SSSR count). The van der Waals surface area contributed by atoms with Crippen LogP contribution >= 0.6 is 57.4 Å². The molecular weight excluding hydrogens is 688 g/mol. The number of halogens is 4. The molecule has 1 heterocycles. The summed E-state index contributed by atoms with van der Waals surface area (Å²) in [5, 5.41) is 2.25. The summed E-state index contributed by atoms with van der Waals surface area (Å²) in [6.07, 6.45) is 1.42. The summed E-state index contributed by atoms with van der Waals surface area (Å²) in [6.45, 7) is 0.181. The third kappa shape index (κ3) is 5.28. The van der Waals surface area contributed by atoms with E-state index in [1.54, 1.807) is 30.3 Å². The Morgan fingerprint density at radius 3 is 2.38 bits per heavy atom. The molecule has 0 aliphatic carbocycles. The molecular formula is C24H14F2I2N2O3S. The monoisotopic (exact) mass is 702 g/mol. The van der Waals surface area contributed by atoms with Crippen molar-refractivity contribution in [1.29, 1.82) is 0 Å². The maximum Gasteiger partial charge on any atom is 0.270 e. The summed E-state index contributed by atoms with van der Waals surface area (Å²) in [5.74, 6) is -1.78. The largest absolute Gasteiger partial charge is 0.487 e. The maximum absolute atomic E-state index is 14.3. The minimum Gasteiger partial charge on any atom is -0.487 e. The molecule has 1 aliphatic heterocycles. The first kappa shape index (κ1) is 24.7. The molecule has 1 saturated heterocycles. The fourth-order valence-corrected chi connectivity index (χ4v) is 5.66. The summed E-state index contributed by atoms with van der Waals surface area (Å²) in [4.78, 5) is 26.6. The first-order chi connectivity index (χ1) is 16.2. The highest BCUT2D eigenvalue weighted by Gasteiger charge is 2.35. The van der Waals surface area contributed by atoms with E-state index in [-0.39, 0.29) is 28.8 Å². The third-order valence-electron chi connectivity index (χ3n) is 4.80. The molecule has 0 unspecified atom stereocenters. The Labute approximate surface area is 226 Å². The minimum absolute atomic E-state index is 0.0475. The van der Waals surface area contributed by atoms with Crippen LogP contribution in [-0.4, -0.2) is 16.9 Å². The Morgan fingerprint density at radius 1 is 1.00 bits per heavy atom. The second-order valence-electron chi connectivity index (χ2n) is 7.14. The molecule has 1 fully saturated rings. The van der Waals surface area contributed by atoms with Crippen LogP contribution in [0.15, 0.2) is 66.2 Å². The van der Waals surface area contributed by atoms with Gasteiger partial charge in [0.25, 0.3) is 11.8 Å². The lowest BCUT2D eigenvalue weighted by Crippen LogP contribution is -2.54. The van der Waals surface area contributed by atoms with E-state index in [0.29, 0.717) is 16.9 Å². The van der Waals surface area contributed by atoms with E-state index < -0.39 is 17.6 Å². The van der Waals surface area contributed by atoms with E-state index in [1.807, 2.05) is 0 Å². The lowest BCUT2D eigenvalue weighted by Gasteiger charge is -2.29. The number of ether oxygens (including phenoxy) is 1. The van der Waals surface area contributed by atoms with Crippen molar-refractivity contribution in [3.05, 3.63) is 96.1 Å². The number of nitrogens with zero attached hydrogens (tertiary/aromatic N) is 1. The average Bonchev–Trinajstić information content (AvgIpc) is 2.77. The number of amides is 2. The van der Waals surface area contributed by atoms with Gasteiger partial charge in [0.05, 0.1) is 12.8 Å². The zero-order chi connectivity index (χ0) is 24.4. The number of carbonyl (C=O) groups is 2.